The molecule has 10 heteroatoms. The van der Waals surface area contributed by atoms with Gasteiger partial charge in [-0.05, 0) is 62.6 Å². The Morgan fingerprint density at radius 3 is 2.50 bits per heavy atom. The van der Waals surface area contributed by atoms with Gasteiger partial charge in [0, 0.05) is 13.0 Å². The monoisotopic (exact) mass is 492 g/mol. The molecule has 0 saturated carbocycles. The first kappa shape index (κ1) is 25.6. The second kappa shape index (κ2) is 11.0. The van der Waals surface area contributed by atoms with Gasteiger partial charge in [-0.2, -0.15) is 4.31 Å². The Morgan fingerprint density at radius 2 is 1.88 bits per heavy atom. The topological polar surface area (TPSA) is 113 Å². The first-order chi connectivity index (χ1) is 16.1. The molecular formula is C24H29FN2O6S. The van der Waals surface area contributed by atoms with Gasteiger partial charge in [0.25, 0.3) is 0 Å². The zero-order valence-electron chi connectivity index (χ0n) is 19.1. The number of amides is 1. The Hall–Kier alpha value is -2.98. The van der Waals surface area contributed by atoms with Crippen LogP contribution in [-0.2, 0) is 26.0 Å². The number of carbonyl (C=O) groups is 2. The third-order valence-corrected chi connectivity index (χ3v) is 7.41. The minimum absolute atomic E-state index is 0.000923. The summed E-state index contributed by atoms with van der Waals surface area (Å²) < 4.78 is 46.5. The number of carbonyl (C=O) groups excluding carboxylic acids is 1. The van der Waals surface area contributed by atoms with Crippen LogP contribution >= 0.6 is 0 Å². The van der Waals surface area contributed by atoms with Gasteiger partial charge >= 0.3 is 5.97 Å². The molecule has 2 aromatic rings. The van der Waals surface area contributed by atoms with Crippen molar-refractivity contribution in [1.29, 1.82) is 0 Å². The highest BCUT2D eigenvalue weighted by molar-refractivity contribution is 7.89. The number of carboxylic acid groups (broad SMARTS) is 1. The lowest BCUT2D eigenvalue weighted by Crippen LogP contribution is -2.55. The fraction of sp³-hybridized carbons (Fsp3) is 0.417. The molecule has 2 aromatic carbocycles. The molecule has 1 saturated heterocycles. The molecule has 34 heavy (non-hydrogen) atoms. The highest BCUT2D eigenvalue weighted by Crippen LogP contribution is 2.26. The van der Waals surface area contributed by atoms with Gasteiger partial charge in [0.2, 0.25) is 15.9 Å². The molecule has 0 bridgehead atoms. The Morgan fingerprint density at radius 1 is 1.18 bits per heavy atom. The molecule has 0 aromatic heterocycles. The first-order valence-corrected chi connectivity index (χ1v) is 12.6. The number of hydrogen-bond donors (Lipinski definition) is 2. The van der Waals surface area contributed by atoms with Gasteiger partial charge in [0.15, 0.2) is 0 Å². The smallest absolute Gasteiger partial charge is 0.326 e. The standard InChI is InChI=1S/C24H29FN2O6S/c1-16(2)33-19-11-9-17(10-12-19)14-21(24(29)30)26-23(28)22-8-3-4-13-27(22)34(31,32)20-7-5-6-18(25)15-20/h5-7,9-12,15-16,21-22H,3-4,8,13-14H2,1-2H3,(H,26,28)(H,29,30). The molecule has 0 radical (unpaired) electrons. The average Bonchev–Trinajstić information content (AvgIpc) is 2.79. The van der Waals surface area contributed by atoms with Crippen LogP contribution in [-0.4, -0.2) is 54.4 Å². The molecule has 2 N–H and O–H groups in total. The van der Waals surface area contributed by atoms with E-state index >= 15 is 0 Å². The zero-order chi connectivity index (χ0) is 24.9. The van der Waals surface area contributed by atoms with E-state index in [9.17, 15) is 27.5 Å². The van der Waals surface area contributed by atoms with E-state index < -0.39 is 39.8 Å². The lowest BCUT2D eigenvalue weighted by molar-refractivity contribution is -0.142. The summed E-state index contributed by atoms with van der Waals surface area (Å²) in [5.41, 5.74) is 0.677. The van der Waals surface area contributed by atoms with Gasteiger partial charge < -0.3 is 15.2 Å². The maximum Gasteiger partial charge on any atom is 0.326 e. The number of ether oxygens (including phenoxy) is 1. The third-order valence-electron chi connectivity index (χ3n) is 5.51. The van der Waals surface area contributed by atoms with Crippen LogP contribution in [0.3, 0.4) is 0 Å². The van der Waals surface area contributed by atoms with Crippen LogP contribution in [0.5, 0.6) is 5.75 Å². The van der Waals surface area contributed by atoms with Crippen LogP contribution in [0.15, 0.2) is 53.4 Å². The second-order valence-corrected chi connectivity index (χ2v) is 10.4. The van der Waals surface area contributed by atoms with E-state index in [0.29, 0.717) is 24.2 Å². The molecule has 2 atom stereocenters. The summed E-state index contributed by atoms with van der Waals surface area (Å²) in [5.74, 6) is -1.97. The molecule has 1 heterocycles. The fourth-order valence-corrected chi connectivity index (χ4v) is 5.59. The van der Waals surface area contributed by atoms with E-state index in [1.165, 1.54) is 12.1 Å². The first-order valence-electron chi connectivity index (χ1n) is 11.1. The van der Waals surface area contributed by atoms with Crippen molar-refractivity contribution in [2.24, 2.45) is 0 Å². The highest BCUT2D eigenvalue weighted by atomic mass is 32.2. The lowest BCUT2D eigenvalue weighted by atomic mass is 10.0. The van der Waals surface area contributed by atoms with Crippen LogP contribution in [0.4, 0.5) is 4.39 Å². The Bertz CT molecular complexity index is 1120. The average molecular weight is 493 g/mol. The van der Waals surface area contributed by atoms with Crippen molar-refractivity contribution >= 4 is 21.9 Å². The number of piperidine rings is 1. The van der Waals surface area contributed by atoms with Gasteiger partial charge in [-0.3, -0.25) is 4.79 Å². The number of carboxylic acids is 1. The summed E-state index contributed by atoms with van der Waals surface area (Å²) in [7, 11) is -4.14. The van der Waals surface area contributed by atoms with E-state index in [1.807, 2.05) is 13.8 Å². The summed E-state index contributed by atoms with van der Waals surface area (Å²) in [6, 6.07) is 9.19. The Kier molecular flexibility index (Phi) is 8.27. The maximum atomic E-state index is 13.6. The number of rotatable bonds is 9. The molecular weight excluding hydrogens is 463 g/mol. The Balaban J connectivity index is 1.75. The number of sulfonamides is 1. The minimum atomic E-state index is -4.14. The van der Waals surface area contributed by atoms with Gasteiger partial charge in [-0.25, -0.2) is 17.6 Å². The van der Waals surface area contributed by atoms with E-state index in [0.717, 1.165) is 16.4 Å². The third kappa shape index (κ3) is 6.32. The van der Waals surface area contributed by atoms with Crippen molar-refractivity contribution in [2.45, 2.75) is 62.6 Å². The summed E-state index contributed by atoms with van der Waals surface area (Å²) >= 11 is 0. The van der Waals surface area contributed by atoms with Crippen LogP contribution in [0.25, 0.3) is 0 Å². The van der Waals surface area contributed by atoms with Gasteiger partial charge in [-0.15, -0.1) is 0 Å². The van der Waals surface area contributed by atoms with Crippen LogP contribution in [0, 0.1) is 5.82 Å². The summed E-state index contributed by atoms with van der Waals surface area (Å²) in [6.07, 6.45) is 1.42. The molecule has 1 amide bonds. The maximum absolute atomic E-state index is 13.6. The molecule has 3 rings (SSSR count). The molecule has 1 aliphatic heterocycles. The molecule has 184 valence electrons. The van der Waals surface area contributed by atoms with Crippen molar-refractivity contribution in [2.75, 3.05) is 6.54 Å². The summed E-state index contributed by atoms with van der Waals surface area (Å²) in [4.78, 5) is 24.7. The normalized spacial score (nSPS) is 17.8. The van der Waals surface area contributed by atoms with Crippen molar-refractivity contribution in [3.05, 3.63) is 59.9 Å². The van der Waals surface area contributed by atoms with Crippen LogP contribution in [0.2, 0.25) is 0 Å². The zero-order valence-corrected chi connectivity index (χ0v) is 19.9. The van der Waals surface area contributed by atoms with Gasteiger partial charge in [0.1, 0.15) is 23.7 Å². The molecule has 1 aliphatic rings. The van der Waals surface area contributed by atoms with E-state index in [2.05, 4.69) is 5.32 Å². The predicted molar refractivity (Wildman–Crippen MR) is 123 cm³/mol. The van der Waals surface area contributed by atoms with E-state index in [4.69, 9.17) is 4.74 Å². The van der Waals surface area contributed by atoms with Crippen molar-refractivity contribution in [1.82, 2.24) is 9.62 Å². The summed E-state index contributed by atoms with van der Waals surface area (Å²) in [6.45, 7) is 3.88. The quantitative estimate of drug-likeness (QED) is 0.557. The minimum Gasteiger partial charge on any atom is -0.491 e. The molecule has 8 nitrogen and oxygen atoms in total. The number of halogens is 1. The fourth-order valence-electron chi connectivity index (χ4n) is 3.90. The van der Waals surface area contributed by atoms with Crippen molar-refractivity contribution in [3.63, 3.8) is 0 Å². The van der Waals surface area contributed by atoms with Crippen molar-refractivity contribution < 1.29 is 32.2 Å². The van der Waals surface area contributed by atoms with Crippen molar-refractivity contribution in [3.8, 4) is 5.75 Å². The molecule has 0 spiro atoms. The number of nitrogens with one attached hydrogen (secondary N) is 1. The van der Waals surface area contributed by atoms with Gasteiger partial charge in [0.05, 0.1) is 11.0 Å². The van der Waals surface area contributed by atoms with E-state index in [-0.39, 0.29) is 30.4 Å². The van der Waals surface area contributed by atoms with Gasteiger partial charge in [-0.1, -0.05) is 24.6 Å². The van der Waals surface area contributed by atoms with Crippen LogP contribution < -0.4 is 10.1 Å². The number of aliphatic carboxylic acids is 1. The highest BCUT2D eigenvalue weighted by Gasteiger charge is 2.39. The molecule has 0 aliphatic carbocycles. The molecule has 1 fully saturated rings. The second-order valence-electron chi connectivity index (χ2n) is 8.50. The molecule has 2 unspecified atom stereocenters. The SMILES string of the molecule is CC(C)Oc1ccc(CC(NC(=O)C2CCCCN2S(=O)(=O)c2cccc(F)c2)C(=O)O)cc1. The number of nitrogens with zero attached hydrogens (tertiary/aromatic N) is 1. The number of benzene rings is 2. The largest absolute Gasteiger partial charge is 0.491 e. The van der Waals surface area contributed by atoms with E-state index in [1.54, 1.807) is 24.3 Å². The Labute approximate surface area is 198 Å². The summed E-state index contributed by atoms with van der Waals surface area (Å²) in [5, 5.41) is 12.2. The predicted octanol–water partition coefficient (Wildman–Crippen LogP) is 2.97. The number of hydrogen-bond acceptors (Lipinski definition) is 5. The lowest BCUT2D eigenvalue weighted by Gasteiger charge is -2.34. The van der Waals surface area contributed by atoms with Crippen LogP contribution in [0.1, 0.15) is 38.7 Å².